The van der Waals surface area contributed by atoms with E-state index in [1.807, 2.05) is 17.0 Å². The molecule has 184 valence electrons. The van der Waals surface area contributed by atoms with Crippen LogP contribution in [0.15, 0.2) is 35.9 Å². The summed E-state index contributed by atoms with van der Waals surface area (Å²) in [5.74, 6) is 1.84. The number of carbonyl (C=O) groups excluding carboxylic acids is 1. The number of amides is 1. The van der Waals surface area contributed by atoms with Gasteiger partial charge in [0.25, 0.3) is 0 Å². The number of piperidine rings is 1. The van der Waals surface area contributed by atoms with Crippen LogP contribution in [-0.2, 0) is 4.79 Å². The van der Waals surface area contributed by atoms with Gasteiger partial charge in [-0.1, -0.05) is 36.3 Å². The standard InChI is InChI=1S/C28H35N5O2/c1-21-8-7-10-22-24(20-21)29-27(23-9-3-4-11-25(23)34)30-28(22)33-18-16-32(17-19-33)26(35)12-15-31-13-5-2-6-14-31/h3-4,8-11,20,34H,2,5-7,12-19H2,1H3. The Labute approximate surface area is 207 Å². The van der Waals surface area contributed by atoms with E-state index >= 15 is 0 Å². The molecule has 1 amide bonds. The van der Waals surface area contributed by atoms with Crippen molar-refractivity contribution in [3.05, 3.63) is 46.5 Å². The predicted octanol–water partition coefficient (Wildman–Crippen LogP) is 2.28. The van der Waals surface area contributed by atoms with E-state index < -0.39 is 0 Å². The van der Waals surface area contributed by atoms with Gasteiger partial charge < -0.3 is 19.8 Å². The lowest BCUT2D eigenvalue weighted by Crippen LogP contribution is -2.51. The molecule has 3 heterocycles. The van der Waals surface area contributed by atoms with Crippen LogP contribution in [0.5, 0.6) is 5.75 Å². The van der Waals surface area contributed by atoms with Gasteiger partial charge in [0.15, 0.2) is 5.82 Å². The van der Waals surface area contributed by atoms with Crippen molar-refractivity contribution in [2.24, 2.45) is 0 Å². The summed E-state index contributed by atoms with van der Waals surface area (Å²) in [6, 6.07) is 7.21. The van der Waals surface area contributed by atoms with E-state index in [9.17, 15) is 9.90 Å². The number of rotatable bonds is 5. The number of hydrogen-bond donors (Lipinski definition) is 1. The molecule has 0 bridgehead atoms. The number of likely N-dealkylation sites (tertiary alicyclic amines) is 1. The van der Waals surface area contributed by atoms with Crippen molar-refractivity contribution in [1.82, 2.24) is 19.8 Å². The van der Waals surface area contributed by atoms with Gasteiger partial charge in [-0.15, -0.1) is 0 Å². The first-order valence-corrected chi connectivity index (χ1v) is 12.9. The number of allylic oxidation sites excluding steroid dienone is 2. The number of nitrogens with zero attached hydrogens (tertiary/aromatic N) is 5. The zero-order valence-corrected chi connectivity index (χ0v) is 20.6. The maximum absolute atomic E-state index is 12.9. The van der Waals surface area contributed by atoms with Crippen LogP contribution in [0.1, 0.15) is 39.0 Å². The first-order chi connectivity index (χ1) is 17.1. The third kappa shape index (κ3) is 5.40. The van der Waals surface area contributed by atoms with Crippen molar-refractivity contribution >= 4 is 23.9 Å². The second-order valence-corrected chi connectivity index (χ2v) is 9.74. The molecule has 0 radical (unpaired) electrons. The molecule has 5 rings (SSSR count). The Kier molecular flexibility index (Phi) is 7.13. The summed E-state index contributed by atoms with van der Waals surface area (Å²) in [4.78, 5) is 29.4. The minimum atomic E-state index is 0.174. The van der Waals surface area contributed by atoms with Crippen molar-refractivity contribution in [3.63, 3.8) is 0 Å². The molecule has 7 nitrogen and oxygen atoms in total. The highest BCUT2D eigenvalue weighted by Gasteiger charge is 2.24. The van der Waals surface area contributed by atoms with Crippen molar-refractivity contribution in [2.75, 3.05) is 50.7 Å². The van der Waals surface area contributed by atoms with Crippen LogP contribution in [0.4, 0.5) is 5.82 Å². The zero-order chi connectivity index (χ0) is 24.2. The first kappa shape index (κ1) is 23.5. The van der Waals surface area contributed by atoms with Crippen LogP contribution in [0, 0.1) is 0 Å². The molecule has 1 aromatic carbocycles. The molecule has 2 aromatic rings. The Hall–Kier alpha value is -3.19. The largest absolute Gasteiger partial charge is 0.507 e. The van der Waals surface area contributed by atoms with Gasteiger partial charge in [-0.05, 0) is 57.5 Å². The molecular formula is C28H35N5O2. The van der Waals surface area contributed by atoms with Crippen LogP contribution in [0.2, 0.25) is 0 Å². The smallest absolute Gasteiger partial charge is 0.223 e. The fourth-order valence-electron chi connectivity index (χ4n) is 5.20. The highest BCUT2D eigenvalue weighted by atomic mass is 16.3. The van der Waals surface area contributed by atoms with Crippen molar-refractivity contribution in [3.8, 4) is 17.1 Å². The minimum Gasteiger partial charge on any atom is -0.507 e. The second-order valence-electron chi connectivity index (χ2n) is 9.74. The molecule has 7 heteroatoms. The molecule has 0 unspecified atom stereocenters. The lowest BCUT2D eigenvalue weighted by molar-refractivity contribution is -0.131. The Morgan fingerprint density at radius 2 is 1.74 bits per heavy atom. The van der Waals surface area contributed by atoms with Crippen molar-refractivity contribution in [1.29, 1.82) is 0 Å². The number of aromatic nitrogens is 2. The summed E-state index contributed by atoms with van der Waals surface area (Å²) in [6.45, 7) is 8.08. The Balaban J connectivity index is 1.35. The fraction of sp³-hybridized carbons (Fsp3) is 0.464. The number of anilines is 1. The van der Waals surface area contributed by atoms with Crippen LogP contribution < -0.4 is 15.5 Å². The lowest BCUT2D eigenvalue weighted by Gasteiger charge is -2.36. The predicted molar refractivity (Wildman–Crippen MR) is 139 cm³/mol. The topological polar surface area (TPSA) is 72.8 Å². The molecule has 2 aliphatic heterocycles. The quantitative estimate of drug-likeness (QED) is 0.719. The summed E-state index contributed by atoms with van der Waals surface area (Å²) in [6.07, 6.45) is 11.7. The number of carbonyl (C=O) groups is 1. The summed E-state index contributed by atoms with van der Waals surface area (Å²) in [7, 11) is 0. The Morgan fingerprint density at radius 1 is 0.971 bits per heavy atom. The highest BCUT2D eigenvalue weighted by molar-refractivity contribution is 5.76. The third-order valence-corrected chi connectivity index (χ3v) is 7.25. The number of fused-ring (bicyclic) bond motifs is 1. The van der Waals surface area contributed by atoms with E-state index in [1.165, 1.54) is 19.3 Å². The molecular weight excluding hydrogens is 438 g/mol. The number of benzene rings is 1. The van der Waals surface area contributed by atoms with E-state index in [0.717, 1.165) is 61.1 Å². The molecule has 0 saturated carbocycles. The maximum Gasteiger partial charge on any atom is 0.223 e. The second kappa shape index (κ2) is 10.6. The van der Waals surface area contributed by atoms with Gasteiger partial charge in [0.1, 0.15) is 11.6 Å². The van der Waals surface area contributed by atoms with E-state index in [2.05, 4.69) is 35.0 Å². The van der Waals surface area contributed by atoms with Crippen LogP contribution in [0.3, 0.4) is 0 Å². The molecule has 1 aromatic heterocycles. The van der Waals surface area contributed by atoms with E-state index in [-0.39, 0.29) is 11.7 Å². The van der Waals surface area contributed by atoms with Gasteiger partial charge in [-0.3, -0.25) is 4.79 Å². The number of hydrogen-bond acceptors (Lipinski definition) is 6. The molecule has 1 N–H and O–H groups in total. The molecule has 35 heavy (non-hydrogen) atoms. The van der Waals surface area contributed by atoms with Gasteiger partial charge in [-0.2, -0.15) is 0 Å². The number of phenolic OH excluding ortho intramolecular Hbond substituents is 1. The average molecular weight is 474 g/mol. The number of para-hydroxylation sites is 1. The summed E-state index contributed by atoms with van der Waals surface area (Å²) >= 11 is 0. The summed E-state index contributed by atoms with van der Waals surface area (Å²) < 4.78 is 0. The first-order valence-electron chi connectivity index (χ1n) is 12.9. The van der Waals surface area contributed by atoms with Gasteiger partial charge in [-0.25, -0.2) is 9.97 Å². The van der Waals surface area contributed by atoms with Crippen molar-refractivity contribution in [2.45, 2.75) is 39.0 Å². The maximum atomic E-state index is 12.9. The monoisotopic (exact) mass is 473 g/mol. The van der Waals surface area contributed by atoms with E-state index in [4.69, 9.17) is 9.97 Å². The van der Waals surface area contributed by atoms with Crippen molar-refractivity contribution < 1.29 is 9.90 Å². The fourth-order valence-corrected chi connectivity index (χ4v) is 5.20. The Bertz CT molecular complexity index is 1220. The molecule has 0 spiro atoms. The Morgan fingerprint density at radius 3 is 2.51 bits per heavy atom. The van der Waals surface area contributed by atoms with Gasteiger partial charge in [0.2, 0.25) is 5.91 Å². The van der Waals surface area contributed by atoms with E-state index in [0.29, 0.717) is 30.9 Å². The summed E-state index contributed by atoms with van der Waals surface area (Å²) in [5.41, 5.74) is 1.79. The zero-order valence-electron chi connectivity index (χ0n) is 20.6. The number of piperazine rings is 1. The number of aromatic hydroxyl groups is 1. The average Bonchev–Trinajstić information content (AvgIpc) is 3.08. The number of phenols is 1. The molecule has 3 aliphatic rings. The normalized spacial score (nSPS) is 18.7. The molecule has 2 saturated heterocycles. The van der Waals surface area contributed by atoms with Gasteiger partial charge in [0.05, 0.1) is 10.9 Å². The molecule has 1 aliphatic carbocycles. The van der Waals surface area contributed by atoms with Gasteiger partial charge >= 0.3 is 0 Å². The lowest BCUT2D eigenvalue weighted by atomic mass is 10.1. The highest BCUT2D eigenvalue weighted by Crippen LogP contribution is 2.26. The molecule has 2 fully saturated rings. The molecule has 0 atom stereocenters. The van der Waals surface area contributed by atoms with Crippen LogP contribution in [-0.4, -0.2) is 76.6 Å². The summed E-state index contributed by atoms with van der Waals surface area (Å²) in [5, 5.41) is 12.4. The third-order valence-electron chi connectivity index (χ3n) is 7.25. The minimum absolute atomic E-state index is 0.174. The van der Waals surface area contributed by atoms with Crippen LogP contribution in [0.25, 0.3) is 23.5 Å². The van der Waals surface area contributed by atoms with Gasteiger partial charge in [0, 0.05) is 44.4 Å². The van der Waals surface area contributed by atoms with E-state index in [1.54, 1.807) is 12.1 Å². The SMILES string of the molecule is CC1=CCC=c2c(N3CCN(C(=O)CCN4CCCCC4)CC3)nc(-c3ccccc3O)nc2=C1. The van der Waals surface area contributed by atoms with Crippen LogP contribution >= 0.6 is 0 Å².